The molecule has 0 nitrogen and oxygen atoms in total. The SMILES string of the molecule is CC(Cl)c1ccc(F)cc1Br. The highest BCUT2D eigenvalue weighted by Crippen LogP contribution is 2.27. The van der Waals surface area contributed by atoms with Gasteiger partial charge < -0.3 is 0 Å². The van der Waals surface area contributed by atoms with Crippen LogP contribution in [0.5, 0.6) is 0 Å². The fourth-order valence-corrected chi connectivity index (χ4v) is 1.84. The number of rotatable bonds is 1. The summed E-state index contributed by atoms with van der Waals surface area (Å²) in [5, 5.41) is -0.0926. The van der Waals surface area contributed by atoms with Crippen molar-refractivity contribution in [3.05, 3.63) is 34.1 Å². The lowest BCUT2D eigenvalue weighted by Gasteiger charge is -2.05. The van der Waals surface area contributed by atoms with Crippen LogP contribution in [0.15, 0.2) is 22.7 Å². The van der Waals surface area contributed by atoms with Crippen molar-refractivity contribution in [2.75, 3.05) is 0 Å². The van der Waals surface area contributed by atoms with Gasteiger partial charge in [-0.25, -0.2) is 4.39 Å². The summed E-state index contributed by atoms with van der Waals surface area (Å²) in [6, 6.07) is 4.49. The monoisotopic (exact) mass is 236 g/mol. The van der Waals surface area contributed by atoms with E-state index in [1.54, 1.807) is 6.07 Å². The van der Waals surface area contributed by atoms with E-state index in [0.717, 1.165) is 10.0 Å². The van der Waals surface area contributed by atoms with E-state index in [0.29, 0.717) is 0 Å². The number of halogens is 3. The van der Waals surface area contributed by atoms with Gasteiger partial charge in [-0.1, -0.05) is 22.0 Å². The predicted molar refractivity (Wildman–Crippen MR) is 48.4 cm³/mol. The molecule has 0 aliphatic carbocycles. The molecule has 0 bridgehead atoms. The van der Waals surface area contributed by atoms with Crippen LogP contribution < -0.4 is 0 Å². The van der Waals surface area contributed by atoms with E-state index in [4.69, 9.17) is 11.6 Å². The Morgan fingerprint density at radius 2 is 2.18 bits per heavy atom. The number of hydrogen-bond acceptors (Lipinski definition) is 0. The van der Waals surface area contributed by atoms with Crippen molar-refractivity contribution in [2.24, 2.45) is 0 Å². The highest BCUT2D eigenvalue weighted by molar-refractivity contribution is 9.10. The van der Waals surface area contributed by atoms with Crippen molar-refractivity contribution < 1.29 is 4.39 Å². The Bertz CT molecular complexity index is 260. The molecule has 0 amide bonds. The van der Waals surface area contributed by atoms with Crippen LogP contribution >= 0.6 is 27.5 Å². The van der Waals surface area contributed by atoms with Crippen LogP contribution in [0.4, 0.5) is 4.39 Å². The van der Waals surface area contributed by atoms with Gasteiger partial charge in [0.2, 0.25) is 0 Å². The lowest BCUT2D eigenvalue weighted by Crippen LogP contribution is -1.86. The van der Waals surface area contributed by atoms with Crippen LogP contribution in [-0.4, -0.2) is 0 Å². The number of hydrogen-bond donors (Lipinski definition) is 0. The minimum atomic E-state index is -0.252. The van der Waals surface area contributed by atoms with E-state index in [1.807, 2.05) is 6.92 Å². The van der Waals surface area contributed by atoms with Gasteiger partial charge in [-0.3, -0.25) is 0 Å². The third-order valence-corrected chi connectivity index (χ3v) is 2.31. The lowest BCUT2D eigenvalue weighted by atomic mass is 10.2. The summed E-state index contributed by atoms with van der Waals surface area (Å²) in [6.45, 7) is 1.85. The molecule has 0 heterocycles. The second-order valence-corrected chi connectivity index (χ2v) is 3.79. The molecule has 11 heavy (non-hydrogen) atoms. The Labute approximate surface area is 78.5 Å². The quantitative estimate of drug-likeness (QED) is 0.650. The summed E-state index contributed by atoms with van der Waals surface area (Å²) >= 11 is 9.03. The molecule has 1 unspecified atom stereocenters. The fraction of sp³-hybridized carbons (Fsp3) is 0.250. The standard InChI is InChI=1S/C8H7BrClF/c1-5(10)7-3-2-6(11)4-8(7)9/h2-5H,1H3. The minimum Gasteiger partial charge on any atom is -0.207 e. The molecular weight excluding hydrogens is 230 g/mol. The van der Waals surface area contributed by atoms with Crippen LogP contribution in [0.1, 0.15) is 17.9 Å². The van der Waals surface area contributed by atoms with Crippen LogP contribution in [0.3, 0.4) is 0 Å². The first-order valence-electron chi connectivity index (χ1n) is 3.20. The van der Waals surface area contributed by atoms with Gasteiger partial charge in [0.25, 0.3) is 0 Å². The van der Waals surface area contributed by atoms with E-state index in [9.17, 15) is 4.39 Å². The van der Waals surface area contributed by atoms with E-state index < -0.39 is 0 Å². The van der Waals surface area contributed by atoms with E-state index in [-0.39, 0.29) is 11.2 Å². The predicted octanol–water partition coefficient (Wildman–Crippen LogP) is 3.89. The van der Waals surface area contributed by atoms with E-state index >= 15 is 0 Å². The molecule has 0 N–H and O–H groups in total. The summed E-state index contributed by atoms with van der Waals surface area (Å²) in [5.41, 5.74) is 0.910. The van der Waals surface area contributed by atoms with Crippen molar-refractivity contribution in [3.63, 3.8) is 0 Å². The molecule has 0 aliphatic heterocycles. The van der Waals surface area contributed by atoms with Gasteiger partial charge in [-0.05, 0) is 24.6 Å². The van der Waals surface area contributed by atoms with Gasteiger partial charge in [0.15, 0.2) is 0 Å². The molecule has 1 aromatic rings. The summed E-state index contributed by atoms with van der Waals surface area (Å²) in [7, 11) is 0. The highest BCUT2D eigenvalue weighted by Gasteiger charge is 2.05. The fourth-order valence-electron chi connectivity index (χ4n) is 0.824. The molecule has 60 valence electrons. The van der Waals surface area contributed by atoms with Crippen LogP contribution in [-0.2, 0) is 0 Å². The van der Waals surface area contributed by atoms with Gasteiger partial charge in [0.05, 0.1) is 5.38 Å². The molecular formula is C8H7BrClF. The average molecular weight is 237 g/mol. The normalized spacial score (nSPS) is 13.1. The first-order valence-corrected chi connectivity index (χ1v) is 4.43. The van der Waals surface area contributed by atoms with Crippen LogP contribution in [0, 0.1) is 5.82 Å². The molecule has 0 saturated heterocycles. The molecule has 3 heteroatoms. The van der Waals surface area contributed by atoms with Gasteiger partial charge in [0, 0.05) is 4.47 Å². The summed E-state index contributed by atoms with van der Waals surface area (Å²) < 4.78 is 13.3. The summed E-state index contributed by atoms with van der Waals surface area (Å²) in [5.74, 6) is -0.252. The summed E-state index contributed by atoms with van der Waals surface area (Å²) in [6.07, 6.45) is 0. The second kappa shape index (κ2) is 3.55. The maximum atomic E-state index is 12.5. The van der Waals surface area contributed by atoms with E-state index in [2.05, 4.69) is 15.9 Å². The molecule has 1 atom stereocenters. The highest BCUT2D eigenvalue weighted by atomic mass is 79.9. The molecule has 1 rings (SSSR count). The largest absolute Gasteiger partial charge is 0.207 e. The topological polar surface area (TPSA) is 0 Å². The Kier molecular flexibility index (Phi) is 2.90. The Hall–Kier alpha value is -0.0800. The van der Waals surface area contributed by atoms with Gasteiger partial charge in [-0.15, -0.1) is 11.6 Å². The third kappa shape index (κ3) is 2.17. The maximum absolute atomic E-state index is 12.5. The van der Waals surface area contributed by atoms with Gasteiger partial charge in [-0.2, -0.15) is 0 Å². The smallest absolute Gasteiger partial charge is 0.124 e. The molecule has 0 aromatic heterocycles. The zero-order chi connectivity index (χ0) is 8.43. The summed E-state index contributed by atoms with van der Waals surface area (Å²) in [4.78, 5) is 0. The van der Waals surface area contributed by atoms with Crippen molar-refractivity contribution in [2.45, 2.75) is 12.3 Å². The van der Waals surface area contributed by atoms with E-state index in [1.165, 1.54) is 12.1 Å². The van der Waals surface area contributed by atoms with Crippen molar-refractivity contribution in [1.82, 2.24) is 0 Å². The second-order valence-electron chi connectivity index (χ2n) is 2.28. The third-order valence-electron chi connectivity index (χ3n) is 1.39. The average Bonchev–Trinajstić information content (AvgIpc) is 1.85. The minimum absolute atomic E-state index is 0.0926. The number of alkyl halides is 1. The molecule has 0 aliphatic rings. The van der Waals surface area contributed by atoms with Crippen molar-refractivity contribution >= 4 is 27.5 Å². The zero-order valence-corrected chi connectivity index (χ0v) is 8.29. The zero-order valence-electron chi connectivity index (χ0n) is 5.94. The molecule has 0 saturated carbocycles. The Morgan fingerprint density at radius 3 is 2.64 bits per heavy atom. The molecule has 0 spiro atoms. The first kappa shape index (κ1) is 9.01. The molecule has 0 radical (unpaired) electrons. The van der Waals surface area contributed by atoms with Crippen LogP contribution in [0.25, 0.3) is 0 Å². The van der Waals surface area contributed by atoms with Gasteiger partial charge >= 0.3 is 0 Å². The van der Waals surface area contributed by atoms with Crippen molar-refractivity contribution in [3.8, 4) is 0 Å². The number of benzene rings is 1. The van der Waals surface area contributed by atoms with Crippen LogP contribution in [0.2, 0.25) is 0 Å². The molecule has 0 fully saturated rings. The Morgan fingerprint density at radius 1 is 1.55 bits per heavy atom. The molecule has 1 aromatic carbocycles. The maximum Gasteiger partial charge on any atom is 0.124 e. The Balaban J connectivity index is 3.09. The lowest BCUT2D eigenvalue weighted by molar-refractivity contribution is 0.626. The van der Waals surface area contributed by atoms with Gasteiger partial charge in [0.1, 0.15) is 5.82 Å². The van der Waals surface area contributed by atoms with Crippen molar-refractivity contribution in [1.29, 1.82) is 0 Å². The first-order chi connectivity index (χ1) is 5.11.